The summed E-state index contributed by atoms with van der Waals surface area (Å²) in [4.78, 5) is 16.5. The van der Waals surface area contributed by atoms with Gasteiger partial charge in [0.15, 0.2) is 5.96 Å². The van der Waals surface area contributed by atoms with Crippen molar-refractivity contribution in [1.82, 2.24) is 15.2 Å². The normalized spacial score (nSPS) is 15.2. The second kappa shape index (κ2) is 11.5. The molecule has 1 aliphatic rings. The van der Waals surface area contributed by atoms with E-state index in [4.69, 9.17) is 0 Å². The van der Waals surface area contributed by atoms with Crippen molar-refractivity contribution < 1.29 is 0 Å². The first-order valence-electron chi connectivity index (χ1n) is 8.92. The minimum Gasteiger partial charge on any atom is -0.357 e. The molecule has 5 nitrogen and oxygen atoms in total. The highest BCUT2D eigenvalue weighted by Crippen LogP contribution is 2.17. The number of aliphatic imine (C=N–C) groups is 1. The van der Waals surface area contributed by atoms with Crippen LogP contribution in [0.15, 0.2) is 28.0 Å². The topological polar surface area (TPSA) is 58.4 Å². The summed E-state index contributed by atoms with van der Waals surface area (Å²) in [5, 5.41) is 6.85. The van der Waals surface area contributed by atoms with Crippen molar-refractivity contribution in [3.05, 3.63) is 34.2 Å². The van der Waals surface area contributed by atoms with Crippen LogP contribution >= 0.6 is 24.0 Å². The van der Waals surface area contributed by atoms with Crippen LogP contribution < -0.4 is 16.2 Å². The molecule has 0 saturated heterocycles. The van der Waals surface area contributed by atoms with Gasteiger partial charge in [-0.15, -0.1) is 24.0 Å². The van der Waals surface area contributed by atoms with Gasteiger partial charge < -0.3 is 15.2 Å². The fraction of sp³-hybridized carbons (Fsp3) is 0.667. The van der Waals surface area contributed by atoms with Crippen LogP contribution in [-0.4, -0.2) is 29.7 Å². The molecule has 0 aliphatic heterocycles. The van der Waals surface area contributed by atoms with Crippen molar-refractivity contribution in [2.75, 3.05) is 13.1 Å². The number of pyridine rings is 1. The summed E-state index contributed by atoms with van der Waals surface area (Å²) in [6.07, 6.45) is 7.10. The van der Waals surface area contributed by atoms with Crippen molar-refractivity contribution in [3.8, 4) is 0 Å². The molecule has 2 rings (SSSR count). The minimum absolute atomic E-state index is 0. The van der Waals surface area contributed by atoms with Gasteiger partial charge in [0, 0.05) is 37.4 Å². The smallest absolute Gasteiger partial charge is 0.250 e. The number of hydrogen-bond acceptors (Lipinski definition) is 2. The first-order valence-corrected chi connectivity index (χ1v) is 8.92. The fourth-order valence-corrected chi connectivity index (χ4v) is 3.07. The number of nitrogens with one attached hydrogen (secondary N) is 2. The van der Waals surface area contributed by atoms with Crippen LogP contribution in [0.3, 0.4) is 0 Å². The van der Waals surface area contributed by atoms with Crippen molar-refractivity contribution in [2.45, 2.75) is 65.0 Å². The van der Waals surface area contributed by atoms with E-state index in [1.54, 1.807) is 6.07 Å². The number of unbranched alkanes of at least 4 members (excludes halogenated alkanes) is 1. The molecule has 1 saturated carbocycles. The summed E-state index contributed by atoms with van der Waals surface area (Å²) in [6, 6.07) is 6.00. The molecule has 0 bridgehead atoms. The van der Waals surface area contributed by atoms with Crippen LogP contribution in [0.4, 0.5) is 0 Å². The quantitative estimate of drug-likeness (QED) is 0.293. The van der Waals surface area contributed by atoms with E-state index in [2.05, 4.69) is 22.5 Å². The van der Waals surface area contributed by atoms with Crippen LogP contribution in [-0.2, 0) is 6.54 Å². The third-order valence-corrected chi connectivity index (χ3v) is 4.37. The molecule has 136 valence electrons. The lowest BCUT2D eigenvalue weighted by Crippen LogP contribution is -2.42. The number of aromatic nitrogens is 1. The van der Waals surface area contributed by atoms with Crippen LogP contribution in [0.2, 0.25) is 0 Å². The molecule has 1 fully saturated rings. The zero-order valence-corrected chi connectivity index (χ0v) is 17.2. The fourth-order valence-electron chi connectivity index (χ4n) is 3.07. The van der Waals surface area contributed by atoms with Gasteiger partial charge in [-0.1, -0.05) is 18.9 Å². The molecule has 1 aromatic rings. The number of halogens is 1. The van der Waals surface area contributed by atoms with Gasteiger partial charge in [0.2, 0.25) is 0 Å². The molecule has 24 heavy (non-hydrogen) atoms. The molecular weight excluding hydrogens is 415 g/mol. The summed E-state index contributed by atoms with van der Waals surface area (Å²) in [6.45, 7) is 6.53. The molecule has 0 aromatic carbocycles. The predicted octanol–water partition coefficient (Wildman–Crippen LogP) is 3.05. The first-order chi connectivity index (χ1) is 11.2. The molecule has 6 heteroatoms. The van der Waals surface area contributed by atoms with E-state index in [0.29, 0.717) is 6.04 Å². The lowest BCUT2D eigenvalue weighted by atomic mass is 10.2. The molecule has 0 atom stereocenters. The Kier molecular flexibility index (Phi) is 10.1. The summed E-state index contributed by atoms with van der Waals surface area (Å²) in [5.74, 6) is 0.937. The van der Waals surface area contributed by atoms with Crippen molar-refractivity contribution >= 4 is 29.9 Å². The van der Waals surface area contributed by atoms with Crippen LogP contribution in [0.1, 0.15) is 51.1 Å². The Balaban J connectivity index is 0.00000288. The summed E-state index contributed by atoms with van der Waals surface area (Å²) >= 11 is 0. The molecule has 1 aliphatic carbocycles. The number of aryl methyl sites for hydroxylation is 1. The van der Waals surface area contributed by atoms with Gasteiger partial charge >= 0.3 is 0 Å². The third-order valence-electron chi connectivity index (χ3n) is 4.37. The van der Waals surface area contributed by atoms with Gasteiger partial charge in [-0.2, -0.15) is 0 Å². The summed E-state index contributed by atoms with van der Waals surface area (Å²) in [5.41, 5.74) is 1.11. The number of guanidine groups is 1. The number of hydrogen-bond donors (Lipinski definition) is 2. The van der Waals surface area contributed by atoms with E-state index in [-0.39, 0.29) is 29.5 Å². The van der Waals surface area contributed by atoms with Crippen molar-refractivity contribution in [2.24, 2.45) is 4.99 Å². The van der Waals surface area contributed by atoms with E-state index in [1.165, 1.54) is 25.7 Å². The van der Waals surface area contributed by atoms with Crippen molar-refractivity contribution in [1.29, 1.82) is 0 Å². The molecule has 0 spiro atoms. The van der Waals surface area contributed by atoms with Gasteiger partial charge in [0.25, 0.3) is 5.56 Å². The molecule has 1 heterocycles. The highest BCUT2D eigenvalue weighted by atomic mass is 127. The molecule has 0 unspecified atom stereocenters. The largest absolute Gasteiger partial charge is 0.357 e. The van der Waals surface area contributed by atoms with Crippen LogP contribution in [0, 0.1) is 6.92 Å². The van der Waals surface area contributed by atoms with Gasteiger partial charge in [-0.3, -0.25) is 9.79 Å². The Morgan fingerprint density at radius 2 is 2.04 bits per heavy atom. The first kappa shape index (κ1) is 21.0. The van der Waals surface area contributed by atoms with Crippen molar-refractivity contribution in [3.63, 3.8) is 0 Å². The molecule has 1 aromatic heterocycles. The molecule has 0 amide bonds. The Morgan fingerprint density at radius 3 is 2.71 bits per heavy atom. The molecule has 0 radical (unpaired) electrons. The van der Waals surface area contributed by atoms with E-state index in [0.717, 1.165) is 44.1 Å². The number of rotatable bonds is 7. The van der Waals surface area contributed by atoms with Crippen LogP contribution in [0.25, 0.3) is 0 Å². The molecule has 2 N–H and O–H groups in total. The van der Waals surface area contributed by atoms with E-state index in [9.17, 15) is 4.79 Å². The van der Waals surface area contributed by atoms with E-state index >= 15 is 0 Å². The van der Waals surface area contributed by atoms with Crippen LogP contribution in [0.5, 0.6) is 0 Å². The van der Waals surface area contributed by atoms with Gasteiger partial charge in [0.05, 0.1) is 0 Å². The Labute approximate surface area is 162 Å². The lowest BCUT2D eigenvalue weighted by molar-refractivity contribution is 0.581. The third kappa shape index (κ3) is 6.83. The Morgan fingerprint density at radius 1 is 1.29 bits per heavy atom. The highest BCUT2D eigenvalue weighted by molar-refractivity contribution is 14.0. The second-order valence-corrected chi connectivity index (χ2v) is 6.25. The lowest BCUT2D eigenvalue weighted by Gasteiger charge is -2.16. The maximum atomic E-state index is 11.8. The average molecular weight is 446 g/mol. The van der Waals surface area contributed by atoms with E-state index in [1.807, 2.05) is 23.6 Å². The Hall–Kier alpha value is -1.05. The zero-order chi connectivity index (χ0) is 16.5. The highest BCUT2D eigenvalue weighted by Gasteiger charge is 2.15. The Bertz CT molecular complexity index is 564. The zero-order valence-electron chi connectivity index (χ0n) is 14.9. The maximum Gasteiger partial charge on any atom is 0.250 e. The average Bonchev–Trinajstić information content (AvgIpc) is 3.02. The summed E-state index contributed by atoms with van der Waals surface area (Å²) < 4.78 is 1.84. The predicted molar refractivity (Wildman–Crippen MR) is 111 cm³/mol. The van der Waals surface area contributed by atoms with Gasteiger partial charge in [-0.05, 0) is 45.6 Å². The molecular formula is C18H31IN4O. The van der Waals surface area contributed by atoms with E-state index < -0.39 is 0 Å². The monoisotopic (exact) mass is 446 g/mol. The van der Waals surface area contributed by atoms with Gasteiger partial charge in [-0.25, -0.2) is 0 Å². The minimum atomic E-state index is 0. The van der Waals surface area contributed by atoms with Gasteiger partial charge in [0.1, 0.15) is 0 Å². The number of nitrogens with zero attached hydrogens (tertiary/aromatic N) is 2. The standard InChI is InChI=1S/C18H30N4O.HI/c1-3-19-18(21-16-10-4-5-11-16)20-13-6-7-14-22-15(2)9-8-12-17(22)23;/h8-9,12,16H,3-7,10-11,13-14H2,1-2H3,(H2,19,20,21);1H. The SMILES string of the molecule is CCNC(=NCCCCn1c(C)cccc1=O)NC1CCCC1.I. The summed E-state index contributed by atoms with van der Waals surface area (Å²) in [7, 11) is 0. The maximum absolute atomic E-state index is 11.8. The second-order valence-electron chi connectivity index (χ2n) is 6.25.